The molecule has 0 amide bonds. The van der Waals surface area contributed by atoms with Gasteiger partial charge in [-0.2, -0.15) is 12.7 Å². The van der Waals surface area contributed by atoms with E-state index < -0.39 is 10.2 Å². The first-order valence-corrected chi connectivity index (χ1v) is 8.55. The molecule has 1 N–H and O–H groups in total. The zero-order chi connectivity index (χ0) is 14.2. The molecule has 20 heavy (non-hydrogen) atoms. The van der Waals surface area contributed by atoms with Crippen molar-refractivity contribution in [1.29, 1.82) is 0 Å². The first-order valence-electron chi connectivity index (χ1n) is 7.16. The van der Waals surface area contributed by atoms with Crippen molar-refractivity contribution in [3.63, 3.8) is 0 Å². The molecule has 0 spiro atoms. The normalized spacial score (nSPS) is 26.9. The van der Waals surface area contributed by atoms with E-state index in [2.05, 4.69) is 5.32 Å². The first kappa shape index (κ1) is 13.9. The number of benzene rings is 1. The second kappa shape index (κ2) is 5.35. The fourth-order valence-electron chi connectivity index (χ4n) is 2.96. The van der Waals surface area contributed by atoms with Crippen LogP contribution in [0.3, 0.4) is 0 Å². The lowest BCUT2D eigenvalue weighted by Gasteiger charge is -2.38. The molecule has 0 aliphatic carbocycles. The van der Waals surface area contributed by atoms with Crippen LogP contribution in [0.15, 0.2) is 24.3 Å². The van der Waals surface area contributed by atoms with Crippen molar-refractivity contribution in [3.8, 4) is 0 Å². The maximum absolute atomic E-state index is 12.8. The highest BCUT2D eigenvalue weighted by Gasteiger charge is 2.39. The third kappa shape index (κ3) is 2.43. The molecule has 1 atom stereocenters. The van der Waals surface area contributed by atoms with Crippen molar-refractivity contribution in [2.45, 2.75) is 25.8 Å². The Labute approximate surface area is 120 Å². The molecule has 0 radical (unpaired) electrons. The average Bonchev–Trinajstić information content (AvgIpc) is 2.93. The first-order chi connectivity index (χ1) is 9.59. The fraction of sp³-hybridized carbons (Fsp3) is 0.571. The predicted octanol–water partition coefficient (Wildman–Crippen LogP) is 1.11. The molecule has 0 bridgehead atoms. The van der Waals surface area contributed by atoms with Crippen LogP contribution in [-0.2, 0) is 10.2 Å². The van der Waals surface area contributed by atoms with Gasteiger partial charge in [-0.3, -0.25) is 4.31 Å². The second-order valence-electron chi connectivity index (χ2n) is 5.53. The maximum Gasteiger partial charge on any atom is 0.304 e. The SMILES string of the molecule is Cc1ccc(N2CCCN(C3CCNC3)S2(=O)=O)cc1. The van der Waals surface area contributed by atoms with Crippen molar-refractivity contribution < 1.29 is 8.42 Å². The van der Waals surface area contributed by atoms with Gasteiger partial charge < -0.3 is 5.32 Å². The average molecular weight is 295 g/mol. The largest absolute Gasteiger partial charge is 0.315 e. The summed E-state index contributed by atoms with van der Waals surface area (Å²) < 4.78 is 28.8. The summed E-state index contributed by atoms with van der Waals surface area (Å²) in [5.74, 6) is 0. The van der Waals surface area contributed by atoms with Crippen LogP contribution in [0.2, 0.25) is 0 Å². The Hall–Kier alpha value is -1.11. The molecule has 0 saturated carbocycles. The molecule has 2 heterocycles. The van der Waals surface area contributed by atoms with E-state index in [0.717, 1.165) is 37.2 Å². The molecule has 2 saturated heterocycles. The van der Waals surface area contributed by atoms with E-state index in [1.807, 2.05) is 31.2 Å². The van der Waals surface area contributed by atoms with E-state index in [0.29, 0.717) is 13.1 Å². The van der Waals surface area contributed by atoms with Crippen LogP contribution in [-0.4, -0.2) is 44.9 Å². The van der Waals surface area contributed by atoms with Crippen LogP contribution in [0, 0.1) is 6.92 Å². The molecule has 6 heteroatoms. The smallest absolute Gasteiger partial charge is 0.304 e. The number of nitrogens with one attached hydrogen (secondary N) is 1. The van der Waals surface area contributed by atoms with Crippen molar-refractivity contribution in [1.82, 2.24) is 9.62 Å². The fourth-order valence-corrected chi connectivity index (χ4v) is 4.87. The summed E-state index contributed by atoms with van der Waals surface area (Å²) in [5.41, 5.74) is 1.91. The molecule has 5 nitrogen and oxygen atoms in total. The van der Waals surface area contributed by atoms with Crippen molar-refractivity contribution in [3.05, 3.63) is 29.8 Å². The van der Waals surface area contributed by atoms with Crippen molar-refractivity contribution in [2.75, 3.05) is 30.5 Å². The van der Waals surface area contributed by atoms with Gasteiger partial charge in [0.1, 0.15) is 0 Å². The molecule has 3 rings (SSSR count). The van der Waals surface area contributed by atoms with Gasteiger partial charge in [0.15, 0.2) is 0 Å². The standard InChI is InChI=1S/C14H21N3O2S/c1-12-3-5-13(6-4-12)16-9-2-10-17(20(16,18)19)14-7-8-15-11-14/h3-6,14-15H,2,7-11H2,1H3. The Morgan fingerprint density at radius 1 is 1.20 bits per heavy atom. The number of anilines is 1. The Kier molecular flexibility index (Phi) is 3.70. The molecule has 110 valence electrons. The zero-order valence-electron chi connectivity index (χ0n) is 11.7. The van der Waals surface area contributed by atoms with Crippen molar-refractivity contribution in [2.24, 2.45) is 0 Å². The topological polar surface area (TPSA) is 52.6 Å². The lowest BCUT2D eigenvalue weighted by atomic mass is 10.2. The highest BCUT2D eigenvalue weighted by Crippen LogP contribution is 2.27. The number of hydrogen-bond acceptors (Lipinski definition) is 3. The van der Waals surface area contributed by atoms with Crippen LogP contribution in [0.5, 0.6) is 0 Å². The van der Waals surface area contributed by atoms with E-state index >= 15 is 0 Å². The van der Waals surface area contributed by atoms with Gasteiger partial charge in [-0.05, 0) is 38.4 Å². The number of hydrogen-bond donors (Lipinski definition) is 1. The molecule has 2 aliphatic heterocycles. The van der Waals surface area contributed by atoms with Crippen LogP contribution >= 0.6 is 0 Å². The van der Waals surface area contributed by atoms with Gasteiger partial charge in [-0.1, -0.05) is 17.7 Å². The highest BCUT2D eigenvalue weighted by atomic mass is 32.2. The molecule has 1 unspecified atom stereocenters. The monoisotopic (exact) mass is 295 g/mol. The van der Waals surface area contributed by atoms with Crippen LogP contribution in [0.1, 0.15) is 18.4 Å². The van der Waals surface area contributed by atoms with Gasteiger partial charge in [-0.15, -0.1) is 0 Å². The Balaban J connectivity index is 1.89. The summed E-state index contributed by atoms with van der Waals surface area (Å²) in [7, 11) is -3.39. The van der Waals surface area contributed by atoms with E-state index in [-0.39, 0.29) is 6.04 Å². The number of rotatable bonds is 2. The van der Waals surface area contributed by atoms with E-state index in [9.17, 15) is 8.42 Å². The van der Waals surface area contributed by atoms with Crippen LogP contribution in [0.4, 0.5) is 5.69 Å². The van der Waals surface area contributed by atoms with Gasteiger partial charge in [0.2, 0.25) is 0 Å². The highest BCUT2D eigenvalue weighted by molar-refractivity contribution is 7.90. The lowest BCUT2D eigenvalue weighted by Crippen LogP contribution is -2.54. The van der Waals surface area contributed by atoms with E-state index in [1.165, 1.54) is 0 Å². The number of nitrogens with zero attached hydrogens (tertiary/aromatic N) is 2. The summed E-state index contributed by atoms with van der Waals surface area (Å²) in [5, 5.41) is 3.24. The van der Waals surface area contributed by atoms with Gasteiger partial charge in [0, 0.05) is 25.7 Å². The van der Waals surface area contributed by atoms with E-state index in [1.54, 1.807) is 8.61 Å². The van der Waals surface area contributed by atoms with Gasteiger partial charge in [0.25, 0.3) is 0 Å². The van der Waals surface area contributed by atoms with Crippen LogP contribution in [0.25, 0.3) is 0 Å². The quantitative estimate of drug-likeness (QED) is 0.889. The Bertz CT molecular complexity index is 565. The Morgan fingerprint density at radius 3 is 2.60 bits per heavy atom. The molecule has 2 aliphatic rings. The third-order valence-corrected chi connectivity index (χ3v) is 6.10. The zero-order valence-corrected chi connectivity index (χ0v) is 12.6. The molecule has 2 fully saturated rings. The van der Waals surface area contributed by atoms with Crippen molar-refractivity contribution >= 4 is 15.9 Å². The summed E-state index contributed by atoms with van der Waals surface area (Å²) in [6, 6.07) is 7.81. The minimum atomic E-state index is -3.39. The molecular formula is C14H21N3O2S. The van der Waals surface area contributed by atoms with Gasteiger partial charge in [-0.25, -0.2) is 0 Å². The molecule has 1 aromatic rings. The summed E-state index contributed by atoms with van der Waals surface area (Å²) in [4.78, 5) is 0. The summed E-state index contributed by atoms with van der Waals surface area (Å²) in [6.07, 6.45) is 1.78. The minimum Gasteiger partial charge on any atom is -0.315 e. The molecular weight excluding hydrogens is 274 g/mol. The minimum absolute atomic E-state index is 0.105. The van der Waals surface area contributed by atoms with Crippen LogP contribution < -0.4 is 9.62 Å². The maximum atomic E-state index is 12.8. The van der Waals surface area contributed by atoms with Gasteiger partial charge in [0.05, 0.1) is 5.69 Å². The lowest BCUT2D eigenvalue weighted by molar-refractivity contribution is 0.318. The number of aryl methyl sites for hydroxylation is 1. The third-order valence-electron chi connectivity index (χ3n) is 4.08. The van der Waals surface area contributed by atoms with Gasteiger partial charge >= 0.3 is 10.2 Å². The second-order valence-corrected chi connectivity index (χ2v) is 7.33. The summed E-state index contributed by atoms with van der Waals surface area (Å²) >= 11 is 0. The summed E-state index contributed by atoms with van der Waals surface area (Å²) in [6.45, 7) is 4.88. The molecule has 0 aromatic heterocycles. The molecule has 1 aromatic carbocycles. The Morgan fingerprint density at radius 2 is 1.95 bits per heavy atom. The predicted molar refractivity (Wildman–Crippen MR) is 80.0 cm³/mol. The van der Waals surface area contributed by atoms with E-state index in [4.69, 9.17) is 0 Å².